The van der Waals surface area contributed by atoms with Gasteiger partial charge in [-0.25, -0.2) is 0 Å². The molecule has 0 N–H and O–H groups in total. The number of unbranched alkanes of at least 4 members (excludes halogenated alkanes) is 1. The second-order valence-electron chi connectivity index (χ2n) is 13.4. The van der Waals surface area contributed by atoms with Crippen LogP contribution in [-0.2, 0) is 9.47 Å². The van der Waals surface area contributed by atoms with Gasteiger partial charge in [0.2, 0.25) is 0 Å². The lowest BCUT2D eigenvalue weighted by molar-refractivity contribution is -0.121. The Morgan fingerprint density at radius 2 is 1.47 bits per heavy atom. The van der Waals surface area contributed by atoms with Crippen molar-refractivity contribution in [2.24, 2.45) is 53.3 Å². The minimum Gasteiger partial charge on any atom is -0.378 e. The molecule has 3 aliphatic carbocycles. The summed E-state index contributed by atoms with van der Waals surface area (Å²) in [5.74, 6) is 7.08. The fraction of sp³-hybridized carbons (Fsp3) is 1.00. The molecular weight excluding hydrogens is 416 g/mol. The molecule has 4 fully saturated rings. The lowest BCUT2D eigenvalue weighted by Gasteiger charge is -2.52. The van der Waals surface area contributed by atoms with Crippen LogP contribution in [0.15, 0.2) is 0 Å². The van der Waals surface area contributed by atoms with E-state index in [0.29, 0.717) is 24.0 Å². The molecule has 3 saturated carbocycles. The first-order chi connectivity index (χ1) is 16.5. The van der Waals surface area contributed by atoms with Gasteiger partial charge in [0.1, 0.15) is 0 Å². The van der Waals surface area contributed by atoms with Crippen molar-refractivity contribution >= 4 is 0 Å². The molecule has 8 atom stereocenters. The molecule has 1 aliphatic heterocycles. The Labute approximate surface area is 212 Å². The second kappa shape index (κ2) is 12.9. The molecule has 2 nitrogen and oxygen atoms in total. The van der Waals surface area contributed by atoms with Crippen molar-refractivity contribution in [3.63, 3.8) is 0 Å². The van der Waals surface area contributed by atoms with Crippen LogP contribution in [0.1, 0.15) is 125 Å². The van der Waals surface area contributed by atoms with Gasteiger partial charge in [-0.2, -0.15) is 0 Å². The number of hydrogen-bond donors (Lipinski definition) is 0. The van der Waals surface area contributed by atoms with Gasteiger partial charge in [0.15, 0.2) is 0 Å². The van der Waals surface area contributed by atoms with E-state index in [9.17, 15) is 0 Å². The first kappa shape index (κ1) is 27.0. The van der Waals surface area contributed by atoms with Crippen LogP contribution >= 0.6 is 0 Å². The Balaban J connectivity index is 1.63. The van der Waals surface area contributed by atoms with E-state index in [1.807, 2.05) is 0 Å². The van der Waals surface area contributed by atoms with E-state index < -0.39 is 0 Å². The Kier molecular flexibility index (Phi) is 10.3. The summed E-state index contributed by atoms with van der Waals surface area (Å²) in [5, 5.41) is 0. The number of hydrogen-bond acceptors (Lipinski definition) is 2. The smallest absolute Gasteiger partial charge is 0.0610 e. The first-order valence-electron chi connectivity index (χ1n) is 15.8. The third kappa shape index (κ3) is 6.24. The molecular formula is C32H58O2. The third-order valence-electron chi connectivity index (χ3n) is 11.0. The second-order valence-corrected chi connectivity index (χ2v) is 13.4. The summed E-state index contributed by atoms with van der Waals surface area (Å²) in [6.45, 7) is 14.1. The maximum atomic E-state index is 7.09. The van der Waals surface area contributed by atoms with Gasteiger partial charge in [0.05, 0.1) is 25.4 Å². The highest BCUT2D eigenvalue weighted by atomic mass is 16.5. The van der Waals surface area contributed by atoms with Gasteiger partial charge in [0.25, 0.3) is 0 Å². The maximum absolute atomic E-state index is 7.09. The van der Waals surface area contributed by atoms with Gasteiger partial charge in [-0.3, -0.25) is 0 Å². The molecule has 0 amide bonds. The molecule has 0 aromatic carbocycles. The van der Waals surface area contributed by atoms with Crippen LogP contribution in [0.3, 0.4) is 0 Å². The maximum Gasteiger partial charge on any atom is 0.0610 e. The van der Waals surface area contributed by atoms with Gasteiger partial charge in [-0.1, -0.05) is 79.6 Å². The van der Waals surface area contributed by atoms with Gasteiger partial charge in [-0.05, 0) is 92.3 Å². The summed E-state index contributed by atoms with van der Waals surface area (Å²) in [7, 11) is 0. The van der Waals surface area contributed by atoms with Crippen molar-refractivity contribution in [3.8, 4) is 0 Å². The van der Waals surface area contributed by atoms with E-state index in [1.54, 1.807) is 0 Å². The third-order valence-corrected chi connectivity index (χ3v) is 11.0. The topological polar surface area (TPSA) is 18.5 Å². The molecule has 8 unspecified atom stereocenters. The van der Waals surface area contributed by atoms with Crippen molar-refractivity contribution in [2.45, 2.75) is 137 Å². The van der Waals surface area contributed by atoms with Crippen LogP contribution in [0.5, 0.6) is 0 Å². The fourth-order valence-corrected chi connectivity index (χ4v) is 8.97. The zero-order valence-corrected chi connectivity index (χ0v) is 23.5. The summed E-state index contributed by atoms with van der Waals surface area (Å²) in [5.41, 5.74) is 0. The zero-order valence-electron chi connectivity index (χ0n) is 23.5. The highest BCUT2D eigenvalue weighted by Crippen LogP contribution is 2.52. The Hall–Kier alpha value is -0.0800. The van der Waals surface area contributed by atoms with Crippen molar-refractivity contribution in [2.75, 3.05) is 13.2 Å². The predicted molar refractivity (Wildman–Crippen MR) is 144 cm³/mol. The molecule has 4 aliphatic rings. The van der Waals surface area contributed by atoms with Crippen LogP contribution in [0.4, 0.5) is 0 Å². The fourth-order valence-electron chi connectivity index (χ4n) is 8.97. The molecule has 2 heteroatoms. The van der Waals surface area contributed by atoms with E-state index in [-0.39, 0.29) is 0 Å². The molecule has 0 bridgehead atoms. The molecule has 4 rings (SSSR count). The lowest BCUT2D eigenvalue weighted by Crippen LogP contribution is -2.50. The largest absolute Gasteiger partial charge is 0.378 e. The van der Waals surface area contributed by atoms with Crippen LogP contribution in [0.2, 0.25) is 0 Å². The highest BCUT2D eigenvalue weighted by molar-refractivity contribution is 4.98. The van der Waals surface area contributed by atoms with Crippen LogP contribution < -0.4 is 0 Å². The summed E-state index contributed by atoms with van der Waals surface area (Å²) in [6.07, 6.45) is 20.3. The zero-order chi connectivity index (χ0) is 24.1. The lowest BCUT2D eigenvalue weighted by atomic mass is 9.56. The summed E-state index contributed by atoms with van der Waals surface area (Å²) >= 11 is 0. The minimum absolute atomic E-state index is 0.421. The van der Waals surface area contributed by atoms with Crippen LogP contribution in [0.25, 0.3) is 0 Å². The van der Waals surface area contributed by atoms with Gasteiger partial charge in [-0.15, -0.1) is 0 Å². The average molecular weight is 475 g/mol. The molecule has 0 spiro atoms. The SMILES string of the molecule is CCCCC(C(C)C)C1C(CC)OCC(C2CCC(C)CC2)COC2CCC3CCCCC3C21. The van der Waals surface area contributed by atoms with E-state index in [1.165, 1.54) is 89.9 Å². The number of fused-ring (bicyclic) bond motifs is 3. The van der Waals surface area contributed by atoms with Crippen molar-refractivity contribution in [1.82, 2.24) is 0 Å². The minimum atomic E-state index is 0.421. The van der Waals surface area contributed by atoms with E-state index in [2.05, 4.69) is 34.6 Å². The Morgan fingerprint density at radius 3 is 2.18 bits per heavy atom. The van der Waals surface area contributed by atoms with Gasteiger partial charge in [0, 0.05) is 5.92 Å². The first-order valence-corrected chi connectivity index (χ1v) is 15.8. The molecule has 34 heavy (non-hydrogen) atoms. The average Bonchev–Trinajstić information content (AvgIpc) is 2.92. The van der Waals surface area contributed by atoms with Crippen molar-refractivity contribution in [1.29, 1.82) is 0 Å². The van der Waals surface area contributed by atoms with E-state index >= 15 is 0 Å². The normalized spacial score (nSPS) is 42.7. The summed E-state index contributed by atoms with van der Waals surface area (Å²) in [6, 6.07) is 0. The molecule has 1 heterocycles. The van der Waals surface area contributed by atoms with Crippen LogP contribution in [-0.4, -0.2) is 25.4 Å². The Morgan fingerprint density at radius 1 is 0.765 bits per heavy atom. The molecule has 0 aromatic heterocycles. The highest BCUT2D eigenvalue weighted by Gasteiger charge is 2.50. The summed E-state index contributed by atoms with van der Waals surface area (Å²) < 4.78 is 14.2. The van der Waals surface area contributed by atoms with Gasteiger partial charge < -0.3 is 9.47 Å². The van der Waals surface area contributed by atoms with Crippen molar-refractivity contribution < 1.29 is 9.47 Å². The molecule has 198 valence electrons. The van der Waals surface area contributed by atoms with Crippen LogP contribution in [0, 0.1) is 53.3 Å². The molecule has 0 radical (unpaired) electrons. The monoisotopic (exact) mass is 474 g/mol. The van der Waals surface area contributed by atoms with Gasteiger partial charge >= 0.3 is 0 Å². The van der Waals surface area contributed by atoms with E-state index in [0.717, 1.165) is 54.6 Å². The molecule has 0 aromatic rings. The molecule has 1 saturated heterocycles. The number of ether oxygens (including phenoxy) is 2. The van der Waals surface area contributed by atoms with Crippen molar-refractivity contribution in [3.05, 3.63) is 0 Å². The standard InChI is InChI=1S/C32H58O2/c1-6-8-12-27(22(3)4)31-29(7-2)33-20-26(24-16-14-23(5)15-17-24)21-34-30-19-18-25-11-9-10-13-28(25)32(30)31/h22-32H,6-21H2,1-5H3. The quantitative estimate of drug-likeness (QED) is 0.366. The number of rotatable bonds is 7. The Bertz CT molecular complexity index is 580. The predicted octanol–water partition coefficient (Wildman–Crippen LogP) is 8.92. The van der Waals surface area contributed by atoms with E-state index in [4.69, 9.17) is 9.47 Å². The summed E-state index contributed by atoms with van der Waals surface area (Å²) in [4.78, 5) is 0.